The molecule has 1 aliphatic rings. The van der Waals surface area contributed by atoms with E-state index in [1.807, 2.05) is 25.1 Å². The molecule has 1 atom stereocenters. The van der Waals surface area contributed by atoms with E-state index < -0.39 is 0 Å². The molecule has 0 bridgehead atoms. The molecule has 110 valence electrons. The number of nitrogen functional groups attached to an aromatic ring is 1. The third-order valence-corrected chi connectivity index (χ3v) is 3.89. The molecule has 0 aliphatic carbocycles. The largest absolute Gasteiger partial charge is 0.497 e. The number of aromatic nitrogens is 2. The highest BCUT2D eigenvalue weighted by atomic mass is 16.5. The number of nitrogens with zero attached hydrogens (tertiary/aromatic N) is 3. The van der Waals surface area contributed by atoms with Crippen molar-refractivity contribution in [3.05, 3.63) is 47.4 Å². The van der Waals surface area contributed by atoms with Crippen LogP contribution in [0.3, 0.4) is 0 Å². The van der Waals surface area contributed by atoms with Gasteiger partial charge >= 0.3 is 0 Å². The highest BCUT2D eigenvalue weighted by Crippen LogP contribution is 2.34. The van der Waals surface area contributed by atoms with Gasteiger partial charge in [0.25, 0.3) is 0 Å². The molecule has 2 heterocycles. The van der Waals surface area contributed by atoms with Crippen LogP contribution in [0.15, 0.2) is 30.3 Å². The van der Waals surface area contributed by atoms with Crippen molar-refractivity contribution >= 4 is 5.82 Å². The standard InChI is InChI=1S/C16H20N4O/c1-11-18-14(9-16(17)19-11)15-7-8-20(15)10-12-3-5-13(21-2)6-4-12/h3-6,9,15H,7-8,10H2,1-2H3,(H2,17,18,19)/t15-/m1/s1. The first-order valence-electron chi connectivity index (χ1n) is 7.14. The van der Waals surface area contributed by atoms with Crippen molar-refractivity contribution in [3.8, 4) is 5.75 Å². The Balaban J connectivity index is 1.71. The number of methoxy groups -OCH3 is 1. The second-order valence-electron chi connectivity index (χ2n) is 5.39. The minimum Gasteiger partial charge on any atom is -0.497 e. The fraction of sp³-hybridized carbons (Fsp3) is 0.375. The summed E-state index contributed by atoms with van der Waals surface area (Å²) < 4.78 is 5.19. The number of hydrogen-bond donors (Lipinski definition) is 1. The lowest BCUT2D eigenvalue weighted by Gasteiger charge is -2.40. The number of benzene rings is 1. The molecule has 5 heteroatoms. The molecular weight excluding hydrogens is 264 g/mol. The summed E-state index contributed by atoms with van der Waals surface area (Å²) in [6.45, 7) is 3.88. The van der Waals surface area contributed by atoms with Crippen LogP contribution in [-0.2, 0) is 6.54 Å². The van der Waals surface area contributed by atoms with Crippen LogP contribution in [-0.4, -0.2) is 28.5 Å². The van der Waals surface area contributed by atoms with Gasteiger partial charge in [-0.25, -0.2) is 9.97 Å². The molecule has 2 aromatic rings. The predicted molar refractivity (Wildman–Crippen MR) is 81.9 cm³/mol. The molecule has 0 radical (unpaired) electrons. The second kappa shape index (κ2) is 5.69. The zero-order valence-corrected chi connectivity index (χ0v) is 12.4. The third-order valence-electron chi connectivity index (χ3n) is 3.89. The maximum atomic E-state index is 5.82. The number of aryl methyl sites for hydroxylation is 1. The van der Waals surface area contributed by atoms with Gasteiger partial charge in [0.15, 0.2) is 0 Å². The van der Waals surface area contributed by atoms with Crippen LogP contribution in [0.25, 0.3) is 0 Å². The average Bonchev–Trinajstić information content (AvgIpc) is 2.43. The summed E-state index contributed by atoms with van der Waals surface area (Å²) in [5.41, 5.74) is 8.13. The van der Waals surface area contributed by atoms with Gasteiger partial charge in [0.1, 0.15) is 17.4 Å². The Kier molecular flexibility index (Phi) is 3.75. The van der Waals surface area contributed by atoms with E-state index in [9.17, 15) is 0 Å². The van der Waals surface area contributed by atoms with Crippen molar-refractivity contribution in [2.75, 3.05) is 19.4 Å². The van der Waals surface area contributed by atoms with Crippen LogP contribution in [0, 0.1) is 6.92 Å². The Morgan fingerprint density at radius 2 is 2.05 bits per heavy atom. The fourth-order valence-corrected chi connectivity index (χ4v) is 2.72. The number of nitrogens with two attached hydrogens (primary N) is 1. The SMILES string of the molecule is COc1ccc(CN2CC[C@@H]2c2cc(N)nc(C)n2)cc1. The maximum Gasteiger partial charge on any atom is 0.127 e. The summed E-state index contributed by atoms with van der Waals surface area (Å²) in [7, 11) is 1.68. The van der Waals surface area contributed by atoms with E-state index in [1.54, 1.807) is 7.11 Å². The Morgan fingerprint density at radius 1 is 1.29 bits per heavy atom. The van der Waals surface area contributed by atoms with Gasteiger partial charge in [-0.05, 0) is 31.0 Å². The normalized spacial score (nSPS) is 18.3. The predicted octanol–water partition coefficient (Wildman–Crippen LogP) is 2.32. The summed E-state index contributed by atoms with van der Waals surface area (Å²) in [5, 5.41) is 0. The fourth-order valence-electron chi connectivity index (χ4n) is 2.72. The van der Waals surface area contributed by atoms with Gasteiger partial charge in [-0.1, -0.05) is 12.1 Å². The monoisotopic (exact) mass is 284 g/mol. The van der Waals surface area contributed by atoms with Crippen LogP contribution in [0.4, 0.5) is 5.82 Å². The Hall–Kier alpha value is -2.14. The van der Waals surface area contributed by atoms with E-state index in [1.165, 1.54) is 5.56 Å². The lowest BCUT2D eigenvalue weighted by atomic mass is 9.98. The molecule has 3 rings (SSSR count). The Bertz CT molecular complexity index is 606. The lowest BCUT2D eigenvalue weighted by molar-refractivity contribution is 0.0785. The molecule has 0 amide bonds. The van der Waals surface area contributed by atoms with Crippen LogP contribution in [0.5, 0.6) is 5.75 Å². The van der Waals surface area contributed by atoms with Crippen LogP contribution in [0.1, 0.15) is 29.5 Å². The quantitative estimate of drug-likeness (QED) is 0.933. The van der Waals surface area contributed by atoms with E-state index in [0.29, 0.717) is 11.9 Å². The van der Waals surface area contributed by atoms with Crippen LogP contribution < -0.4 is 10.5 Å². The first-order chi connectivity index (χ1) is 10.2. The van der Waals surface area contributed by atoms with Crippen molar-refractivity contribution in [2.45, 2.75) is 25.9 Å². The third kappa shape index (κ3) is 2.97. The second-order valence-corrected chi connectivity index (χ2v) is 5.39. The van der Waals surface area contributed by atoms with Crippen molar-refractivity contribution < 1.29 is 4.74 Å². The van der Waals surface area contributed by atoms with E-state index in [0.717, 1.165) is 36.8 Å². The average molecular weight is 284 g/mol. The van der Waals surface area contributed by atoms with Gasteiger partial charge in [-0.2, -0.15) is 0 Å². The van der Waals surface area contributed by atoms with Crippen LogP contribution in [0.2, 0.25) is 0 Å². The molecule has 5 nitrogen and oxygen atoms in total. The molecule has 21 heavy (non-hydrogen) atoms. The maximum absolute atomic E-state index is 5.82. The van der Waals surface area contributed by atoms with E-state index >= 15 is 0 Å². The summed E-state index contributed by atoms with van der Waals surface area (Å²) >= 11 is 0. The molecule has 1 aliphatic heterocycles. The zero-order valence-electron chi connectivity index (χ0n) is 12.4. The van der Waals surface area contributed by atoms with E-state index in [4.69, 9.17) is 10.5 Å². The first kappa shape index (κ1) is 13.8. The smallest absolute Gasteiger partial charge is 0.127 e. The molecule has 2 N–H and O–H groups in total. The van der Waals surface area contributed by atoms with E-state index in [2.05, 4.69) is 27.0 Å². The van der Waals surface area contributed by atoms with E-state index in [-0.39, 0.29) is 0 Å². The molecule has 0 unspecified atom stereocenters. The van der Waals surface area contributed by atoms with Gasteiger partial charge in [0, 0.05) is 19.2 Å². The van der Waals surface area contributed by atoms with Gasteiger partial charge in [-0.15, -0.1) is 0 Å². The first-order valence-corrected chi connectivity index (χ1v) is 7.14. The topological polar surface area (TPSA) is 64.3 Å². The number of ether oxygens (including phenoxy) is 1. The highest BCUT2D eigenvalue weighted by molar-refractivity contribution is 5.32. The molecular formula is C16H20N4O. The van der Waals surface area contributed by atoms with Gasteiger partial charge in [0.05, 0.1) is 18.8 Å². The minimum atomic E-state index is 0.344. The number of hydrogen-bond acceptors (Lipinski definition) is 5. The molecule has 0 spiro atoms. The van der Waals surface area contributed by atoms with Crippen molar-refractivity contribution in [1.29, 1.82) is 0 Å². The van der Waals surface area contributed by atoms with Gasteiger partial charge in [0.2, 0.25) is 0 Å². The summed E-state index contributed by atoms with van der Waals surface area (Å²) in [6.07, 6.45) is 1.12. The number of anilines is 1. The number of likely N-dealkylation sites (tertiary alicyclic amines) is 1. The van der Waals surface area contributed by atoms with Gasteiger partial charge in [-0.3, -0.25) is 4.90 Å². The number of rotatable bonds is 4. The molecule has 1 saturated heterocycles. The summed E-state index contributed by atoms with van der Waals surface area (Å²) in [6, 6.07) is 10.4. The molecule has 1 aromatic carbocycles. The van der Waals surface area contributed by atoms with Crippen molar-refractivity contribution in [1.82, 2.24) is 14.9 Å². The summed E-state index contributed by atoms with van der Waals surface area (Å²) in [4.78, 5) is 11.1. The molecule has 1 aromatic heterocycles. The molecule has 0 saturated carbocycles. The van der Waals surface area contributed by atoms with Crippen molar-refractivity contribution in [2.24, 2.45) is 0 Å². The van der Waals surface area contributed by atoms with Crippen molar-refractivity contribution in [3.63, 3.8) is 0 Å². The lowest BCUT2D eigenvalue weighted by Crippen LogP contribution is -2.40. The van der Waals surface area contributed by atoms with Gasteiger partial charge < -0.3 is 10.5 Å². The molecule has 1 fully saturated rings. The summed E-state index contributed by atoms with van der Waals surface area (Å²) in [5.74, 6) is 2.17. The minimum absolute atomic E-state index is 0.344. The van der Waals surface area contributed by atoms with Crippen LogP contribution >= 0.6 is 0 Å². The highest BCUT2D eigenvalue weighted by Gasteiger charge is 2.30. The zero-order chi connectivity index (χ0) is 14.8. The Morgan fingerprint density at radius 3 is 2.62 bits per heavy atom. The Labute approximate surface area is 124 Å².